The zero-order chi connectivity index (χ0) is 9.84. The first kappa shape index (κ1) is 10.5. The second kappa shape index (κ2) is 4.58. The van der Waals surface area contributed by atoms with E-state index in [0.717, 1.165) is 13.1 Å². The summed E-state index contributed by atoms with van der Waals surface area (Å²) < 4.78 is 4.64. The van der Waals surface area contributed by atoms with E-state index in [-0.39, 0.29) is 12.0 Å². The maximum Gasteiger partial charge on any atom is 0.307 e. The Hall–Kier alpha value is -0.610. The third-order valence-corrected chi connectivity index (χ3v) is 2.72. The minimum atomic E-state index is -0.132. The van der Waals surface area contributed by atoms with E-state index in [9.17, 15) is 4.79 Å². The fraction of sp³-hybridized carbons (Fsp3) is 0.889. The van der Waals surface area contributed by atoms with Crippen molar-refractivity contribution in [3.8, 4) is 0 Å². The average molecular weight is 186 g/mol. The predicted molar refractivity (Wildman–Crippen MR) is 50.5 cm³/mol. The van der Waals surface area contributed by atoms with Gasteiger partial charge in [-0.1, -0.05) is 0 Å². The highest BCUT2D eigenvalue weighted by Gasteiger charge is 2.26. The summed E-state index contributed by atoms with van der Waals surface area (Å²) in [5, 5.41) is 3.30. The molecule has 0 aromatic heterocycles. The Morgan fingerprint density at radius 3 is 2.92 bits per heavy atom. The fourth-order valence-corrected chi connectivity index (χ4v) is 1.60. The molecule has 0 bridgehead atoms. The molecule has 2 unspecified atom stereocenters. The first-order valence-electron chi connectivity index (χ1n) is 4.64. The van der Waals surface area contributed by atoms with Gasteiger partial charge in [0.05, 0.1) is 13.5 Å². The zero-order valence-corrected chi connectivity index (χ0v) is 8.54. The fourth-order valence-electron chi connectivity index (χ4n) is 1.60. The molecule has 0 saturated carbocycles. The molecule has 1 aliphatic heterocycles. The van der Waals surface area contributed by atoms with Gasteiger partial charge in [-0.15, -0.1) is 0 Å². The molecule has 4 nitrogen and oxygen atoms in total. The van der Waals surface area contributed by atoms with E-state index in [1.165, 1.54) is 7.11 Å². The standard InChI is InChI=1S/C9H18N2O2/c1-7-5-10-6-8(11(7)2)4-9(12)13-3/h7-8,10H,4-6H2,1-3H3. The monoisotopic (exact) mass is 186 g/mol. The van der Waals surface area contributed by atoms with Crippen LogP contribution >= 0.6 is 0 Å². The number of hydrogen-bond acceptors (Lipinski definition) is 4. The van der Waals surface area contributed by atoms with Crippen molar-refractivity contribution in [3.05, 3.63) is 0 Å². The number of nitrogens with zero attached hydrogens (tertiary/aromatic N) is 1. The minimum Gasteiger partial charge on any atom is -0.469 e. The van der Waals surface area contributed by atoms with Crippen molar-refractivity contribution in [1.29, 1.82) is 0 Å². The highest BCUT2D eigenvalue weighted by Crippen LogP contribution is 2.10. The number of rotatable bonds is 2. The highest BCUT2D eigenvalue weighted by atomic mass is 16.5. The quantitative estimate of drug-likeness (QED) is 0.609. The van der Waals surface area contributed by atoms with E-state index in [4.69, 9.17) is 0 Å². The van der Waals surface area contributed by atoms with Gasteiger partial charge in [0.25, 0.3) is 0 Å². The Bertz CT molecular complexity index is 184. The van der Waals surface area contributed by atoms with Crippen LogP contribution in [0.3, 0.4) is 0 Å². The Kier molecular flexibility index (Phi) is 3.69. The van der Waals surface area contributed by atoms with Crippen LogP contribution in [0.2, 0.25) is 0 Å². The van der Waals surface area contributed by atoms with Crippen molar-refractivity contribution in [1.82, 2.24) is 10.2 Å². The van der Waals surface area contributed by atoms with Crippen molar-refractivity contribution in [2.75, 3.05) is 27.2 Å². The van der Waals surface area contributed by atoms with Crippen molar-refractivity contribution in [3.63, 3.8) is 0 Å². The van der Waals surface area contributed by atoms with E-state index < -0.39 is 0 Å². The van der Waals surface area contributed by atoms with Gasteiger partial charge >= 0.3 is 5.97 Å². The smallest absolute Gasteiger partial charge is 0.307 e. The SMILES string of the molecule is COC(=O)CC1CNCC(C)N1C. The number of likely N-dealkylation sites (N-methyl/N-ethyl adjacent to an activating group) is 1. The molecule has 0 aromatic rings. The van der Waals surface area contributed by atoms with Crippen molar-refractivity contribution in [2.45, 2.75) is 25.4 Å². The molecule has 0 radical (unpaired) electrons. The van der Waals surface area contributed by atoms with Gasteiger partial charge < -0.3 is 10.1 Å². The topological polar surface area (TPSA) is 41.6 Å². The highest BCUT2D eigenvalue weighted by molar-refractivity contribution is 5.69. The summed E-state index contributed by atoms with van der Waals surface area (Å²) in [4.78, 5) is 13.3. The normalized spacial score (nSPS) is 30.1. The van der Waals surface area contributed by atoms with Gasteiger partial charge in [0, 0.05) is 25.2 Å². The number of esters is 1. The van der Waals surface area contributed by atoms with Crippen LogP contribution in [0.4, 0.5) is 0 Å². The maximum absolute atomic E-state index is 11.1. The minimum absolute atomic E-state index is 0.132. The molecule has 4 heteroatoms. The Balaban J connectivity index is 2.43. The summed E-state index contributed by atoms with van der Waals surface area (Å²) in [5.74, 6) is -0.132. The molecule has 0 aromatic carbocycles. The molecule has 1 N–H and O–H groups in total. The van der Waals surface area contributed by atoms with Crippen LogP contribution in [0.25, 0.3) is 0 Å². The second-order valence-corrected chi connectivity index (χ2v) is 3.61. The number of carbonyl (C=O) groups excluding carboxylic acids is 1. The van der Waals surface area contributed by atoms with E-state index in [2.05, 4.69) is 28.9 Å². The molecular formula is C9H18N2O2. The van der Waals surface area contributed by atoms with Crippen LogP contribution < -0.4 is 5.32 Å². The summed E-state index contributed by atoms with van der Waals surface area (Å²) in [6.07, 6.45) is 0.477. The number of hydrogen-bond donors (Lipinski definition) is 1. The Morgan fingerprint density at radius 1 is 1.62 bits per heavy atom. The van der Waals surface area contributed by atoms with E-state index in [1.54, 1.807) is 0 Å². The first-order chi connectivity index (χ1) is 6.15. The van der Waals surface area contributed by atoms with Gasteiger partial charge in [0.15, 0.2) is 0 Å². The molecule has 2 atom stereocenters. The van der Waals surface area contributed by atoms with Crippen LogP contribution in [0.15, 0.2) is 0 Å². The molecule has 1 saturated heterocycles. The Labute approximate surface area is 79.2 Å². The number of nitrogens with one attached hydrogen (secondary N) is 1. The van der Waals surface area contributed by atoms with Gasteiger partial charge in [0.1, 0.15) is 0 Å². The molecule has 0 aliphatic carbocycles. The average Bonchev–Trinajstić information content (AvgIpc) is 2.13. The Morgan fingerprint density at radius 2 is 2.31 bits per heavy atom. The van der Waals surface area contributed by atoms with Crippen molar-refractivity contribution < 1.29 is 9.53 Å². The molecular weight excluding hydrogens is 168 g/mol. The zero-order valence-electron chi connectivity index (χ0n) is 8.54. The van der Waals surface area contributed by atoms with Crippen molar-refractivity contribution >= 4 is 5.97 Å². The van der Waals surface area contributed by atoms with E-state index in [0.29, 0.717) is 12.5 Å². The number of ether oxygens (including phenoxy) is 1. The lowest BCUT2D eigenvalue weighted by Crippen LogP contribution is -2.54. The molecule has 76 valence electrons. The summed E-state index contributed by atoms with van der Waals surface area (Å²) >= 11 is 0. The maximum atomic E-state index is 11.1. The molecule has 1 heterocycles. The molecule has 1 rings (SSSR count). The van der Waals surface area contributed by atoms with E-state index in [1.807, 2.05) is 0 Å². The molecule has 1 fully saturated rings. The van der Waals surface area contributed by atoms with Gasteiger partial charge in [0.2, 0.25) is 0 Å². The van der Waals surface area contributed by atoms with Gasteiger partial charge in [-0.2, -0.15) is 0 Å². The lowest BCUT2D eigenvalue weighted by molar-refractivity contribution is -0.142. The number of methoxy groups -OCH3 is 1. The summed E-state index contributed by atoms with van der Waals surface area (Å²) in [6, 6.07) is 0.764. The molecule has 0 amide bonds. The third-order valence-electron chi connectivity index (χ3n) is 2.72. The number of carbonyl (C=O) groups is 1. The van der Waals surface area contributed by atoms with E-state index >= 15 is 0 Å². The second-order valence-electron chi connectivity index (χ2n) is 3.61. The van der Waals surface area contributed by atoms with Gasteiger partial charge in [-0.25, -0.2) is 0 Å². The van der Waals surface area contributed by atoms with Crippen LogP contribution in [0, 0.1) is 0 Å². The summed E-state index contributed by atoms with van der Waals surface area (Å²) in [5.41, 5.74) is 0. The third kappa shape index (κ3) is 2.67. The lowest BCUT2D eigenvalue weighted by Gasteiger charge is -2.37. The van der Waals surface area contributed by atoms with Gasteiger partial charge in [-0.05, 0) is 14.0 Å². The van der Waals surface area contributed by atoms with Crippen LogP contribution in [0.1, 0.15) is 13.3 Å². The van der Waals surface area contributed by atoms with Crippen molar-refractivity contribution in [2.24, 2.45) is 0 Å². The van der Waals surface area contributed by atoms with Gasteiger partial charge in [-0.3, -0.25) is 9.69 Å². The molecule has 0 spiro atoms. The van der Waals surface area contributed by atoms with Crippen LogP contribution in [-0.4, -0.2) is 50.2 Å². The molecule has 1 aliphatic rings. The summed E-state index contributed by atoms with van der Waals surface area (Å²) in [6.45, 7) is 4.01. The number of piperazine rings is 1. The van der Waals surface area contributed by atoms with Crippen LogP contribution in [-0.2, 0) is 9.53 Å². The lowest BCUT2D eigenvalue weighted by atomic mass is 10.1. The molecule has 13 heavy (non-hydrogen) atoms. The largest absolute Gasteiger partial charge is 0.469 e. The predicted octanol–water partition coefficient (Wildman–Crippen LogP) is -0.158. The van der Waals surface area contributed by atoms with Crippen LogP contribution in [0.5, 0.6) is 0 Å². The summed E-state index contributed by atoms with van der Waals surface area (Å²) in [7, 11) is 3.49. The first-order valence-corrected chi connectivity index (χ1v) is 4.64.